The smallest absolute Gasteiger partial charge is 0.257 e. The van der Waals surface area contributed by atoms with Crippen LogP contribution in [0.15, 0.2) is 30.6 Å². The molecule has 1 saturated heterocycles. The zero-order valence-electron chi connectivity index (χ0n) is 13.1. The molecule has 0 unspecified atom stereocenters. The van der Waals surface area contributed by atoms with E-state index in [0.717, 1.165) is 5.69 Å². The van der Waals surface area contributed by atoms with Crippen molar-refractivity contribution in [2.45, 2.75) is 26.4 Å². The fourth-order valence-corrected chi connectivity index (χ4v) is 2.69. The summed E-state index contributed by atoms with van der Waals surface area (Å²) in [6, 6.07) is 5.62. The van der Waals surface area contributed by atoms with Crippen LogP contribution in [-0.4, -0.2) is 50.9 Å². The number of ether oxygens (including phenoxy) is 1. The number of morpholine rings is 1. The number of amides is 1. The molecule has 0 aromatic carbocycles. The Bertz CT molecular complexity index is 679. The highest BCUT2D eigenvalue weighted by molar-refractivity contribution is 5.95. The molecule has 1 amide bonds. The predicted molar refractivity (Wildman–Crippen MR) is 82.0 cm³/mol. The SMILES string of the molecule is Cc1c(C(=O)N2CCOC(C)(C)C2)cnn1-c1ccccn1. The molecule has 22 heavy (non-hydrogen) atoms. The maximum absolute atomic E-state index is 12.7. The Labute approximate surface area is 129 Å². The lowest BCUT2D eigenvalue weighted by Crippen LogP contribution is -2.50. The van der Waals surface area contributed by atoms with E-state index in [2.05, 4.69) is 10.1 Å². The monoisotopic (exact) mass is 300 g/mol. The lowest BCUT2D eigenvalue weighted by Gasteiger charge is -2.38. The van der Waals surface area contributed by atoms with Crippen molar-refractivity contribution in [1.29, 1.82) is 0 Å². The van der Waals surface area contributed by atoms with Crippen LogP contribution in [0.4, 0.5) is 0 Å². The molecule has 1 aliphatic heterocycles. The quantitative estimate of drug-likeness (QED) is 0.849. The number of hydrogen-bond acceptors (Lipinski definition) is 4. The Morgan fingerprint density at radius 2 is 2.18 bits per heavy atom. The molecule has 0 atom stereocenters. The average molecular weight is 300 g/mol. The molecule has 2 aromatic rings. The number of aromatic nitrogens is 3. The van der Waals surface area contributed by atoms with Crippen molar-refractivity contribution in [1.82, 2.24) is 19.7 Å². The third kappa shape index (κ3) is 2.74. The van der Waals surface area contributed by atoms with E-state index in [9.17, 15) is 4.79 Å². The zero-order valence-corrected chi connectivity index (χ0v) is 13.1. The molecule has 3 heterocycles. The first-order valence-electron chi connectivity index (χ1n) is 7.37. The summed E-state index contributed by atoms with van der Waals surface area (Å²) in [5.41, 5.74) is 1.11. The van der Waals surface area contributed by atoms with E-state index in [1.807, 2.05) is 43.9 Å². The van der Waals surface area contributed by atoms with E-state index in [1.165, 1.54) is 0 Å². The van der Waals surface area contributed by atoms with Crippen LogP contribution in [0.2, 0.25) is 0 Å². The van der Waals surface area contributed by atoms with Crippen molar-refractivity contribution in [3.8, 4) is 5.82 Å². The van der Waals surface area contributed by atoms with Gasteiger partial charge in [-0.05, 0) is 32.9 Å². The summed E-state index contributed by atoms with van der Waals surface area (Å²) < 4.78 is 7.35. The van der Waals surface area contributed by atoms with E-state index in [0.29, 0.717) is 31.1 Å². The van der Waals surface area contributed by atoms with Gasteiger partial charge in [-0.3, -0.25) is 4.79 Å². The van der Waals surface area contributed by atoms with Gasteiger partial charge in [0.15, 0.2) is 5.82 Å². The van der Waals surface area contributed by atoms with Crippen molar-refractivity contribution in [3.63, 3.8) is 0 Å². The number of carbonyl (C=O) groups excluding carboxylic acids is 1. The van der Waals surface area contributed by atoms with Crippen LogP contribution in [0, 0.1) is 6.92 Å². The second-order valence-electron chi connectivity index (χ2n) is 6.08. The third-order valence-electron chi connectivity index (χ3n) is 3.82. The van der Waals surface area contributed by atoms with Crippen LogP contribution in [-0.2, 0) is 4.74 Å². The normalized spacial score (nSPS) is 17.5. The van der Waals surface area contributed by atoms with Crippen molar-refractivity contribution >= 4 is 5.91 Å². The first-order valence-corrected chi connectivity index (χ1v) is 7.37. The molecule has 6 heteroatoms. The molecule has 2 aromatic heterocycles. The molecular formula is C16H20N4O2. The summed E-state index contributed by atoms with van der Waals surface area (Å²) >= 11 is 0. The highest BCUT2D eigenvalue weighted by atomic mass is 16.5. The van der Waals surface area contributed by atoms with E-state index in [-0.39, 0.29) is 11.5 Å². The van der Waals surface area contributed by atoms with Gasteiger partial charge < -0.3 is 9.64 Å². The molecular weight excluding hydrogens is 280 g/mol. The van der Waals surface area contributed by atoms with Crippen molar-refractivity contribution in [3.05, 3.63) is 41.9 Å². The lowest BCUT2D eigenvalue weighted by molar-refractivity contribution is -0.0764. The minimum Gasteiger partial charge on any atom is -0.372 e. The minimum atomic E-state index is -0.307. The van der Waals surface area contributed by atoms with Gasteiger partial charge in [-0.25, -0.2) is 9.67 Å². The molecule has 0 saturated carbocycles. The van der Waals surface area contributed by atoms with Crippen molar-refractivity contribution < 1.29 is 9.53 Å². The summed E-state index contributed by atoms with van der Waals surface area (Å²) in [5.74, 6) is 0.706. The van der Waals surface area contributed by atoms with Crippen molar-refractivity contribution in [2.24, 2.45) is 0 Å². The van der Waals surface area contributed by atoms with Gasteiger partial charge in [0.05, 0.1) is 29.7 Å². The molecule has 0 spiro atoms. The molecule has 0 radical (unpaired) electrons. The molecule has 0 aliphatic carbocycles. The fourth-order valence-electron chi connectivity index (χ4n) is 2.69. The van der Waals surface area contributed by atoms with Crippen LogP contribution in [0.1, 0.15) is 29.9 Å². The van der Waals surface area contributed by atoms with Gasteiger partial charge in [-0.15, -0.1) is 0 Å². The van der Waals surface area contributed by atoms with Gasteiger partial charge in [-0.1, -0.05) is 6.07 Å². The molecule has 116 valence electrons. The van der Waals surface area contributed by atoms with Gasteiger partial charge in [0.25, 0.3) is 5.91 Å². The topological polar surface area (TPSA) is 60.3 Å². The Kier molecular flexibility index (Phi) is 3.70. The third-order valence-corrected chi connectivity index (χ3v) is 3.82. The highest BCUT2D eigenvalue weighted by Crippen LogP contribution is 2.20. The summed E-state index contributed by atoms with van der Waals surface area (Å²) in [4.78, 5) is 18.9. The maximum atomic E-state index is 12.7. The summed E-state index contributed by atoms with van der Waals surface area (Å²) in [6.45, 7) is 7.64. The summed E-state index contributed by atoms with van der Waals surface area (Å²) in [7, 11) is 0. The first-order chi connectivity index (χ1) is 10.5. The zero-order chi connectivity index (χ0) is 15.7. The second-order valence-corrected chi connectivity index (χ2v) is 6.08. The fraction of sp³-hybridized carbons (Fsp3) is 0.438. The van der Waals surface area contributed by atoms with Crippen LogP contribution < -0.4 is 0 Å². The number of pyridine rings is 1. The largest absolute Gasteiger partial charge is 0.372 e. The molecule has 6 nitrogen and oxygen atoms in total. The Hall–Kier alpha value is -2.21. The first kappa shape index (κ1) is 14.7. The molecule has 0 bridgehead atoms. The Morgan fingerprint density at radius 3 is 2.86 bits per heavy atom. The maximum Gasteiger partial charge on any atom is 0.257 e. The van der Waals surface area contributed by atoms with Crippen LogP contribution >= 0.6 is 0 Å². The van der Waals surface area contributed by atoms with E-state index in [4.69, 9.17) is 4.74 Å². The summed E-state index contributed by atoms with van der Waals surface area (Å²) in [5, 5.41) is 4.31. The van der Waals surface area contributed by atoms with Gasteiger partial charge in [0.1, 0.15) is 0 Å². The van der Waals surface area contributed by atoms with E-state index >= 15 is 0 Å². The van der Waals surface area contributed by atoms with Crippen molar-refractivity contribution in [2.75, 3.05) is 19.7 Å². The standard InChI is InChI=1S/C16H20N4O2/c1-12-13(10-18-20(12)14-6-4-5-7-17-14)15(21)19-8-9-22-16(2,3)11-19/h4-7,10H,8-9,11H2,1-3H3. The number of carbonyl (C=O) groups is 1. The summed E-state index contributed by atoms with van der Waals surface area (Å²) in [6.07, 6.45) is 3.33. The van der Waals surface area contributed by atoms with Gasteiger partial charge in [-0.2, -0.15) is 5.10 Å². The van der Waals surface area contributed by atoms with Crippen LogP contribution in [0.25, 0.3) is 5.82 Å². The van der Waals surface area contributed by atoms with Gasteiger partial charge in [0, 0.05) is 19.3 Å². The van der Waals surface area contributed by atoms with Gasteiger partial charge >= 0.3 is 0 Å². The van der Waals surface area contributed by atoms with Crippen LogP contribution in [0.3, 0.4) is 0 Å². The Morgan fingerprint density at radius 1 is 1.36 bits per heavy atom. The molecule has 3 rings (SSSR count). The van der Waals surface area contributed by atoms with E-state index in [1.54, 1.807) is 17.1 Å². The van der Waals surface area contributed by atoms with E-state index < -0.39 is 0 Å². The molecule has 1 fully saturated rings. The van der Waals surface area contributed by atoms with Crippen LogP contribution in [0.5, 0.6) is 0 Å². The number of nitrogens with zero attached hydrogens (tertiary/aromatic N) is 4. The number of hydrogen-bond donors (Lipinski definition) is 0. The van der Waals surface area contributed by atoms with Gasteiger partial charge in [0.2, 0.25) is 0 Å². The Balaban J connectivity index is 1.87. The number of rotatable bonds is 2. The predicted octanol–water partition coefficient (Wildman–Crippen LogP) is 1.83. The minimum absolute atomic E-state index is 0.00365. The highest BCUT2D eigenvalue weighted by Gasteiger charge is 2.31. The molecule has 1 aliphatic rings. The lowest BCUT2D eigenvalue weighted by atomic mass is 10.1. The average Bonchev–Trinajstić information content (AvgIpc) is 2.88. The second kappa shape index (κ2) is 5.53. The molecule has 0 N–H and O–H groups in total.